The normalized spacial score (nSPS) is 24.5. The molecule has 1 fully saturated rings. The summed E-state index contributed by atoms with van der Waals surface area (Å²) in [5.41, 5.74) is 12.3. The molecule has 0 bridgehead atoms. The van der Waals surface area contributed by atoms with E-state index in [1.807, 2.05) is 0 Å². The lowest BCUT2D eigenvalue weighted by Crippen LogP contribution is -2.58. The van der Waals surface area contributed by atoms with Crippen molar-refractivity contribution in [3.05, 3.63) is 77.0 Å². The van der Waals surface area contributed by atoms with Crippen molar-refractivity contribution in [3.8, 4) is 18.7 Å². The number of para-hydroxylation sites is 1. The molecule has 5 rings (SSSR count). The van der Waals surface area contributed by atoms with Crippen molar-refractivity contribution in [2.75, 3.05) is 0 Å². The van der Waals surface area contributed by atoms with E-state index >= 15 is 0 Å². The SMILES string of the molecule is C#CN1C(C2(O)CCCCC2)=NC2=C(N=C(c3cccc(F)c3)[N+]2(C#N)c2ccccc2C(=N)N)C1N. The van der Waals surface area contributed by atoms with Crippen molar-refractivity contribution in [1.82, 2.24) is 9.38 Å². The minimum atomic E-state index is -1.34. The fraction of sp³-hybridized carbons (Fsp3) is 0.259. The van der Waals surface area contributed by atoms with Crippen LogP contribution >= 0.6 is 0 Å². The summed E-state index contributed by atoms with van der Waals surface area (Å²) < 4.78 is 13.6. The van der Waals surface area contributed by atoms with Crippen LogP contribution in [0.2, 0.25) is 0 Å². The number of rotatable bonds is 4. The average Bonchev–Trinajstić information content (AvgIpc) is 3.24. The molecule has 1 saturated carbocycles. The quantitative estimate of drug-likeness (QED) is 0.169. The van der Waals surface area contributed by atoms with Crippen LogP contribution in [0.15, 0.2) is 70.0 Å². The number of nitrogen functional groups attached to an aromatic ring is 1. The third kappa shape index (κ3) is 3.62. The lowest BCUT2D eigenvalue weighted by Gasteiger charge is -2.40. The van der Waals surface area contributed by atoms with Crippen LogP contribution in [0.25, 0.3) is 0 Å². The van der Waals surface area contributed by atoms with E-state index in [1.54, 1.807) is 30.3 Å². The summed E-state index contributed by atoms with van der Waals surface area (Å²) in [6.45, 7) is 0. The summed E-state index contributed by atoms with van der Waals surface area (Å²) in [6, 6.07) is 14.9. The summed E-state index contributed by atoms with van der Waals surface area (Å²) in [4.78, 5) is 10.9. The number of quaternary nitrogens is 1. The van der Waals surface area contributed by atoms with E-state index < -0.39 is 22.1 Å². The summed E-state index contributed by atoms with van der Waals surface area (Å²) in [5, 5.41) is 30.7. The molecule has 3 aliphatic rings. The molecule has 2 aliphatic heterocycles. The van der Waals surface area contributed by atoms with Crippen molar-refractivity contribution < 1.29 is 9.50 Å². The van der Waals surface area contributed by atoms with Gasteiger partial charge in [0.15, 0.2) is 17.2 Å². The van der Waals surface area contributed by atoms with Crippen molar-refractivity contribution in [1.29, 1.82) is 10.7 Å². The van der Waals surface area contributed by atoms with E-state index in [1.165, 1.54) is 23.1 Å². The van der Waals surface area contributed by atoms with Gasteiger partial charge in [-0.3, -0.25) is 10.3 Å². The summed E-state index contributed by atoms with van der Waals surface area (Å²) in [6.07, 6.45) is 10.5. The van der Waals surface area contributed by atoms with Gasteiger partial charge in [-0.2, -0.15) is 9.98 Å². The second-order valence-corrected chi connectivity index (χ2v) is 9.33. The number of aliphatic hydroxyl groups is 1. The maximum atomic E-state index is 14.4. The highest BCUT2D eigenvalue weighted by Gasteiger charge is 2.57. The zero-order valence-corrected chi connectivity index (χ0v) is 20.0. The Morgan fingerprint density at radius 3 is 2.57 bits per heavy atom. The number of hydrogen-bond donors (Lipinski definition) is 4. The number of nitrogens with one attached hydrogen (secondary N) is 1. The van der Waals surface area contributed by atoms with E-state index in [0.717, 1.165) is 19.3 Å². The van der Waals surface area contributed by atoms with Crippen LogP contribution in [0.5, 0.6) is 0 Å². The second kappa shape index (κ2) is 8.95. The molecule has 9 nitrogen and oxygen atoms in total. The number of terminal acetylenes is 1. The van der Waals surface area contributed by atoms with Gasteiger partial charge in [-0.15, -0.1) is 5.26 Å². The first-order valence-electron chi connectivity index (χ1n) is 11.9. The zero-order chi connectivity index (χ0) is 26.4. The van der Waals surface area contributed by atoms with Crippen LogP contribution in [-0.4, -0.2) is 39.3 Å². The molecule has 186 valence electrons. The number of aliphatic imine (C=N–C) groups is 2. The Labute approximate surface area is 213 Å². The molecule has 0 amide bonds. The third-order valence-electron chi connectivity index (χ3n) is 7.11. The first kappa shape index (κ1) is 24.3. The van der Waals surface area contributed by atoms with Gasteiger partial charge in [0.2, 0.25) is 0 Å². The van der Waals surface area contributed by atoms with Crippen LogP contribution in [0.1, 0.15) is 43.2 Å². The molecule has 2 unspecified atom stereocenters. The lowest BCUT2D eigenvalue weighted by molar-refractivity contribution is 0.0590. The van der Waals surface area contributed by atoms with Gasteiger partial charge in [0.25, 0.3) is 11.7 Å². The molecule has 0 saturated heterocycles. The largest absolute Gasteiger partial charge is 0.383 e. The minimum absolute atomic E-state index is 0.128. The number of nitriles is 1. The molecule has 2 aromatic carbocycles. The van der Waals surface area contributed by atoms with Gasteiger partial charge in [-0.1, -0.05) is 48.4 Å². The standard InChI is InChI=1S/C27H26FN8O/c1-2-35-23(32)21-25(34-26(35)27(37)13-6-3-7-14-27)36(16-29,20-12-5-4-11-19(20)22(30)31)24(33-21)17-9-8-10-18(28)15-17/h1,4-5,8-12,15,23,37H,3,6-7,13-14,32H2,(H3,30,31)/q+1. The van der Waals surface area contributed by atoms with E-state index in [-0.39, 0.29) is 34.6 Å². The maximum absolute atomic E-state index is 14.4. The predicted octanol–water partition coefficient (Wildman–Crippen LogP) is 2.81. The molecule has 0 aromatic heterocycles. The van der Waals surface area contributed by atoms with Gasteiger partial charge in [0.05, 0.1) is 11.1 Å². The highest BCUT2D eigenvalue weighted by atomic mass is 19.1. The molecule has 10 heteroatoms. The van der Waals surface area contributed by atoms with Gasteiger partial charge in [-0.05, 0) is 37.1 Å². The molecule has 6 N–H and O–H groups in total. The molecule has 37 heavy (non-hydrogen) atoms. The van der Waals surface area contributed by atoms with Crippen molar-refractivity contribution in [2.24, 2.45) is 21.5 Å². The van der Waals surface area contributed by atoms with E-state index in [2.05, 4.69) is 12.2 Å². The van der Waals surface area contributed by atoms with Gasteiger partial charge in [0, 0.05) is 12.1 Å². The highest BCUT2D eigenvalue weighted by Crippen LogP contribution is 2.45. The third-order valence-corrected chi connectivity index (χ3v) is 7.11. The second-order valence-electron chi connectivity index (χ2n) is 9.33. The van der Waals surface area contributed by atoms with Crippen molar-refractivity contribution in [2.45, 2.75) is 43.9 Å². The molecule has 2 heterocycles. The predicted molar refractivity (Wildman–Crippen MR) is 139 cm³/mol. The average molecular weight is 498 g/mol. The van der Waals surface area contributed by atoms with Gasteiger partial charge in [0.1, 0.15) is 23.4 Å². The van der Waals surface area contributed by atoms with Crippen LogP contribution in [-0.2, 0) is 0 Å². The van der Waals surface area contributed by atoms with Gasteiger partial charge < -0.3 is 16.6 Å². The molecule has 2 aromatic rings. The smallest absolute Gasteiger partial charge is 0.328 e. The van der Waals surface area contributed by atoms with Crippen LogP contribution in [0.4, 0.5) is 10.1 Å². The Bertz CT molecular complexity index is 1470. The fourth-order valence-corrected chi connectivity index (χ4v) is 5.34. The summed E-state index contributed by atoms with van der Waals surface area (Å²) in [5.74, 6) is -0.348. The number of benzene rings is 2. The number of amidine groups is 3. The Kier molecular flexibility index (Phi) is 5.89. The Hall–Kier alpha value is -4.35. The maximum Gasteiger partial charge on any atom is 0.328 e. The molecule has 0 radical (unpaired) electrons. The van der Waals surface area contributed by atoms with Crippen LogP contribution < -0.4 is 16.0 Å². The summed E-state index contributed by atoms with van der Waals surface area (Å²) in [7, 11) is 0. The lowest BCUT2D eigenvalue weighted by atomic mass is 9.83. The minimum Gasteiger partial charge on any atom is -0.383 e. The zero-order valence-electron chi connectivity index (χ0n) is 20.0. The highest BCUT2D eigenvalue weighted by molar-refractivity contribution is 6.15. The molecule has 0 spiro atoms. The van der Waals surface area contributed by atoms with Crippen molar-refractivity contribution in [3.63, 3.8) is 0 Å². The van der Waals surface area contributed by atoms with Crippen molar-refractivity contribution >= 4 is 23.2 Å². The Morgan fingerprint density at radius 2 is 1.92 bits per heavy atom. The Morgan fingerprint density at radius 1 is 1.19 bits per heavy atom. The van der Waals surface area contributed by atoms with E-state index in [4.69, 9.17) is 33.3 Å². The molecular formula is C27H26FN8O+. The number of halogens is 1. The van der Waals surface area contributed by atoms with Gasteiger partial charge in [-0.25, -0.2) is 4.39 Å². The first-order chi connectivity index (χ1) is 17.8. The molecular weight excluding hydrogens is 471 g/mol. The first-order valence-corrected chi connectivity index (χ1v) is 11.9. The van der Waals surface area contributed by atoms with E-state index in [0.29, 0.717) is 24.1 Å². The summed E-state index contributed by atoms with van der Waals surface area (Å²) >= 11 is 0. The monoisotopic (exact) mass is 497 g/mol. The number of hydrogen-bond acceptors (Lipinski definition) is 7. The topological polar surface area (TPSA) is 148 Å². The number of nitrogens with zero attached hydrogens (tertiary/aromatic N) is 5. The van der Waals surface area contributed by atoms with E-state index in [9.17, 15) is 14.8 Å². The molecule has 1 aliphatic carbocycles. The Balaban J connectivity index is 1.84. The van der Waals surface area contributed by atoms with Crippen LogP contribution in [0, 0.1) is 35.1 Å². The van der Waals surface area contributed by atoms with Crippen LogP contribution in [0.3, 0.4) is 0 Å². The van der Waals surface area contributed by atoms with Gasteiger partial charge >= 0.3 is 6.19 Å². The fourth-order valence-electron chi connectivity index (χ4n) is 5.34. The molecule has 2 atom stereocenters. The number of nitrogens with two attached hydrogens (primary N) is 2.